The minimum Gasteiger partial charge on any atom is -0.493 e. The largest absolute Gasteiger partial charge is 0.493 e. The van der Waals surface area contributed by atoms with Gasteiger partial charge >= 0.3 is 0 Å². The molecule has 0 aromatic heterocycles. The van der Waals surface area contributed by atoms with Crippen molar-refractivity contribution in [3.8, 4) is 5.75 Å². The maximum absolute atomic E-state index is 13.3. The Labute approximate surface area is 208 Å². The van der Waals surface area contributed by atoms with E-state index in [0.717, 1.165) is 34.1 Å². The third kappa shape index (κ3) is 5.52. The SMILES string of the molecule is CCCOc1ccc2ccccc2c1CN(C)C(=O)C1CCN(S(=O)(=O)c2ccc(C)cc2)CC1. The van der Waals surface area contributed by atoms with Crippen molar-refractivity contribution in [2.24, 2.45) is 5.92 Å². The number of aryl methyl sites for hydroxylation is 1. The lowest BCUT2D eigenvalue weighted by atomic mass is 9.96. The second-order valence-electron chi connectivity index (χ2n) is 9.30. The zero-order valence-electron chi connectivity index (χ0n) is 20.7. The molecule has 1 aliphatic rings. The van der Waals surface area contributed by atoms with Crippen molar-refractivity contribution in [2.75, 3.05) is 26.7 Å². The molecule has 0 aliphatic carbocycles. The third-order valence-electron chi connectivity index (χ3n) is 6.69. The van der Waals surface area contributed by atoms with Gasteiger partial charge in [0.2, 0.25) is 15.9 Å². The Kier molecular flexibility index (Phi) is 7.77. The van der Waals surface area contributed by atoms with Crippen LogP contribution in [0.25, 0.3) is 10.8 Å². The van der Waals surface area contributed by atoms with E-state index in [9.17, 15) is 13.2 Å². The summed E-state index contributed by atoms with van der Waals surface area (Å²) in [5, 5.41) is 2.20. The fourth-order valence-corrected chi connectivity index (χ4v) is 6.13. The van der Waals surface area contributed by atoms with Crippen LogP contribution in [-0.4, -0.2) is 50.3 Å². The molecule has 0 bridgehead atoms. The van der Waals surface area contributed by atoms with Crippen molar-refractivity contribution in [3.63, 3.8) is 0 Å². The van der Waals surface area contributed by atoms with Crippen LogP contribution in [0, 0.1) is 12.8 Å². The zero-order valence-corrected chi connectivity index (χ0v) is 21.6. The van der Waals surface area contributed by atoms with E-state index < -0.39 is 10.0 Å². The van der Waals surface area contributed by atoms with Gasteiger partial charge in [-0.3, -0.25) is 4.79 Å². The summed E-state index contributed by atoms with van der Waals surface area (Å²) in [7, 11) is -1.72. The quantitative estimate of drug-likeness (QED) is 0.442. The summed E-state index contributed by atoms with van der Waals surface area (Å²) >= 11 is 0. The molecule has 3 aromatic carbocycles. The summed E-state index contributed by atoms with van der Waals surface area (Å²) in [6, 6.07) is 19.1. The summed E-state index contributed by atoms with van der Waals surface area (Å²) in [4.78, 5) is 15.4. The average molecular weight is 495 g/mol. The molecule has 1 fully saturated rings. The summed E-state index contributed by atoms with van der Waals surface area (Å²) in [6.45, 7) is 5.76. The molecule has 3 aromatic rings. The lowest BCUT2D eigenvalue weighted by molar-refractivity contribution is -0.135. The summed E-state index contributed by atoms with van der Waals surface area (Å²) in [5.41, 5.74) is 2.03. The monoisotopic (exact) mass is 494 g/mol. The van der Waals surface area contributed by atoms with Gasteiger partial charge in [-0.05, 0) is 55.2 Å². The highest BCUT2D eigenvalue weighted by Crippen LogP contribution is 2.31. The second kappa shape index (κ2) is 10.8. The number of benzene rings is 3. The predicted octanol–water partition coefficient (Wildman–Crippen LogP) is 5.00. The van der Waals surface area contributed by atoms with E-state index in [0.29, 0.717) is 44.0 Å². The summed E-state index contributed by atoms with van der Waals surface area (Å²) in [6.07, 6.45) is 1.94. The number of rotatable bonds is 8. The number of hydrogen-bond acceptors (Lipinski definition) is 4. The van der Waals surface area contributed by atoms with Crippen LogP contribution in [0.4, 0.5) is 0 Å². The average Bonchev–Trinajstić information content (AvgIpc) is 2.88. The zero-order chi connectivity index (χ0) is 25.0. The Morgan fingerprint density at radius 2 is 1.71 bits per heavy atom. The Morgan fingerprint density at radius 1 is 1.03 bits per heavy atom. The highest BCUT2D eigenvalue weighted by atomic mass is 32.2. The fourth-order valence-electron chi connectivity index (χ4n) is 4.66. The van der Waals surface area contributed by atoms with Crippen molar-refractivity contribution in [1.82, 2.24) is 9.21 Å². The molecule has 186 valence electrons. The molecule has 7 heteroatoms. The number of sulfonamides is 1. The van der Waals surface area contributed by atoms with Gasteiger partial charge in [0.1, 0.15) is 5.75 Å². The normalized spacial score (nSPS) is 15.3. The Morgan fingerprint density at radius 3 is 2.40 bits per heavy atom. The van der Waals surface area contributed by atoms with Gasteiger partial charge in [0, 0.05) is 38.2 Å². The molecular weight excluding hydrogens is 460 g/mol. The highest BCUT2D eigenvalue weighted by molar-refractivity contribution is 7.89. The van der Waals surface area contributed by atoms with E-state index in [4.69, 9.17) is 4.74 Å². The van der Waals surface area contributed by atoms with E-state index in [2.05, 4.69) is 25.1 Å². The second-order valence-corrected chi connectivity index (χ2v) is 11.2. The molecule has 0 N–H and O–H groups in total. The molecule has 0 atom stereocenters. The first-order chi connectivity index (χ1) is 16.8. The molecule has 35 heavy (non-hydrogen) atoms. The van der Waals surface area contributed by atoms with Gasteiger partial charge in [0.25, 0.3) is 0 Å². The third-order valence-corrected chi connectivity index (χ3v) is 8.61. The minimum absolute atomic E-state index is 0.0479. The molecule has 0 spiro atoms. The molecular formula is C28H34N2O4S. The van der Waals surface area contributed by atoms with Crippen molar-refractivity contribution in [1.29, 1.82) is 0 Å². The standard InChI is InChI=1S/C28H34N2O4S/c1-4-19-34-27-14-11-22-7-5-6-8-25(22)26(27)20-29(3)28(31)23-15-17-30(18-16-23)35(32,33)24-12-9-21(2)10-13-24/h5-14,23H,4,15-20H2,1-3H3. The van der Waals surface area contributed by atoms with Gasteiger partial charge in [-0.1, -0.05) is 55.0 Å². The van der Waals surface area contributed by atoms with E-state index in [1.807, 2.05) is 44.3 Å². The number of amides is 1. The van der Waals surface area contributed by atoms with E-state index >= 15 is 0 Å². The Balaban J connectivity index is 1.45. The van der Waals surface area contributed by atoms with Crippen LogP contribution in [0.5, 0.6) is 5.75 Å². The molecule has 0 unspecified atom stereocenters. The van der Waals surface area contributed by atoms with Crippen LogP contribution >= 0.6 is 0 Å². The van der Waals surface area contributed by atoms with Crippen LogP contribution in [0.1, 0.15) is 37.3 Å². The van der Waals surface area contributed by atoms with E-state index in [1.165, 1.54) is 4.31 Å². The van der Waals surface area contributed by atoms with E-state index in [-0.39, 0.29) is 11.8 Å². The minimum atomic E-state index is -3.54. The van der Waals surface area contributed by atoms with Crippen molar-refractivity contribution >= 4 is 26.7 Å². The molecule has 6 nitrogen and oxygen atoms in total. The lowest BCUT2D eigenvalue weighted by Crippen LogP contribution is -2.43. The van der Waals surface area contributed by atoms with Crippen molar-refractivity contribution < 1.29 is 17.9 Å². The molecule has 0 saturated carbocycles. The highest BCUT2D eigenvalue weighted by Gasteiger charge is 2.33. The first-order valence-corrected chi connectivity index (χ1v) is 13.7. The smallest absolute Gasteiger partial charge is 0.243 e. The number of hydrogen-bond donors (Lipinski definition) is 0. The Hall–Kier alpha value is -2.90. The topological polar surface area (TPSA) is 66.9 Å². The number of carbonyl (C=O) groups excluding carboxylic acids is 1. The van der Waals surface area contributed by atoms with Gasteiger partial charge in [-0.15, -0.1) is 0 Å². The molecule has 1 amide bonds. The first-order valence-electron chi connectivity index (χ1n) is 12.3. The number of ether oxygens (including phenoxy) is 1. The molecule has 1 saturated heterocycles. The number of nitrogens with zero attached hydrogens (tertiary/aromatic N) is 2. The first kappa shape index (κ1) is 25.2. The number of fused-ring (bicyclic) bond motifs is 1. The summed E-state index contributed by atoms with van der Waals surface area (Å²) in [5.74, 6) is 0.662. The maximum atomic E-state index is 13.3. The predicted molar refractivity (Wildman–Crippen MR) is 139 cm³/mol. The molecule has 1 heterocycles. The van der Waals surface area contributed by atoms with Gasteiger partial charge in [-0.2, -0.15) is 4.31 Å². The Bertz CT molecular complexity index is 1280. The molecule has 0 radical (unpaired) electrons. The van der Waals surface area contributed by atoms with Gasteiger partial charge < -0.3 is 9.64 Å². The van der Waals surface area contributed by atoms with Crippen LogP contribution in [-0.2, 0) is 21.4 Å². The van der Waals surface area contributed by atoms with Gasteiger partial charge in [0.05, 0.1) is 11.5 Å². The van der Waals surface area contributed by atoms with Crippen molar-refractivity contribution in [3.05, 3.63) is 71.8 Å². The van der Waals surface area contributed by atoms with E-state index in [1.54, 1.807) is 17.0 Å². The molecule has 1 aliphatic heterocycles. The summed E-state index contributed by atoms with van der Waals surface area (Å²) < 4.78 is 33.5. The van der Waals surface area contributed by atoms with Crippen LogP contribution < -0.4 is 4.74 Å². The number of piperidine rings is 1. The van der Waals surface area contributed by atoms with Crippen LogP contribution in [0.15, 0.2) is 65.6 Å². The lowest BCUT2D eigenvalue weighted by Gasteiger charge is -2.32. The molecule has 4 rings (SSSR count). The number of carbonyl (C=O) groups is 1. The van der Waals surface area contributed by atoms with Crippen molar-refractivity contribution in [2.45, 2.75) is 44.6 Å². The van der Waals surface area contributed by atoms with Crippen LogP contribution in [0.2, 0.25) is 0 Å². The maximum Gasteiger partial charge on any atom is 0.243 e. The fraction of sp³-hybridized carbons (Fsp3) is 0.393. The van der Waals surface area contributed by atoms with Crippen LogP contribution in [0.3, 0.4) is 0 Å². The van der Waals surface area contributed by atoms with Gasteiger partial charge in [0.15, 0.2) is 0 Å². The van der Waals surface area contributed by atoms with Gasteiger partial charge in [-0.25, -0.2) is 8.42 Å².